The maximum absolute atomic E-state index is 12.5. The van der Waals surface area contributed by atoms with E-state index in [-0.39, 0.29) is 24.0 Å². The Kier molecular flexibility index (Phi) is 5.58. The lowest BCUT2D eigenvalue weighted by Gasteiger charge is -2.18. The molecule has 0 fully saturated rings. The maximum Gasteiger partial charge on any atom is 0.221 e. The van der Waals surface area contributed by atoms with Crippen molar-refractivity contribution >= 4 is 17.5 Å². The molecular weight excluding hydrogens is 350 g/mol. The van der Waals surface area contributed by atoms with E-state index < -0.39 is 0 Å². The Morgan fingerprint density at radius 3 is 2.62 bits per heavy atom. The molecule has 0 aliphatic carbocycles. The van der Waals surface area contributed by atoms with Crippen LogP contribution in [0.15, 0.2) is 60.9 Å². The molecule has 2 N–H and O–H groups in total. The minimum Gasteiger partial charge on any atom is -0.508 e. The zero-order chi connectivity index (χ0) is 18.5. The fourth-order valence-corrected chi connectivity index (χ4v) is 3.09. The number of aryl methyl sites for hydroxylation is 1. The van der Waals surface area contributed by atoms with Gasteiger partial charge in [-0.05, 0) is 35.4 Å². The topological polar surface area (TPSA) is 67.2 Å². The van der Waals surface area contributed by atoms with E-state index in [9.17, 15) is 9.90 Å². The lowest BCUT2D eigenvalue weighted by Crippen LogP contribution is -2.26. The van der Waals surface area contributed by atoms with Crippen molar-refractivity contribution in [2.75, 3.05) is 0 Å². The van der Waals surface area contributed by atoms with E-state index >= 15 is 0 Å². The summed E-state index contributed by atoms with van der Waals surface area (Å²) in [7, 11) is 1.88. The van der Waals surface area contributed by atoms with Crippen LogP contribution in [0.1, 0.15) is 29.3 Å². The van der Waals surface area contributed by atoms with Crippen LogP contribution in [-0.2, 0) is 18.4 Å². The molecule has 26 heavy (non-hydrogen) atoms. The number of hydrogen-bond donors (Lipinski definition) is 2. The number of benzene rings is 2. The van der Waals surface area contributed by atoms with Crippen molar-refractivity contribution in [2.24, 2.45) is 7.05 Å². The van der Waals surface area contributed by atoms with Crippen molar-refractivity contribution in [3.8, 4) is 5.75 Å². The number of amides is 1. The minimum absolute atomic E-state index is 0.0960. The number of nitrogens with zero attached hydrogens (tertiary/aromatic N) is 2. The van der Waals surface area contributed by atoms with Gasteiger partial charge in [-0.1, -0.05) is 35.9 Å². The molecule has 5 nitrogen and oxygen atoms in total. The van der Waals surface area contributed by atoms with E-state index in [1.165, 1.54) is 0 Å². The van der Waals surface area contributed by atoms with Crippen LogP contribution in [-0.4, -0.2) is 20.6 Å². The zero-order valence-electron chi connectivity index (χ0n) is 14.4. The molecule has 1 amide bonds. The molecule has 0 aliphatic rings. The van der Waals surface area contributed by atoms with Crippen molar-refractivity contribution in [3.05, 3.63) is 82.9 Å². The largest absolute Gasteiger partial charge is 0.508 e. The van der Waals surface area contributed by atoms with Gasteiger partial charge in [0.25, 0.3) is 0 Å². The summed E-state index contributed by atoms with van der Waals surface area (Å²) < 4.78 is 1.87. The normalized spacial score (nSPS) is 11.9. The van der Waals surface area contributed by atoms with E-state index in [0.29, 0.717) is 11.6 Å². The number of hydrogen-bond acceptors (Lipinski definition) is 3. The van der Waals surface area contributed by atoms with Gasteiger partial charge in [0.15, 0.2) is 0 Å². The van der Waals surface area contributed by atoms with Crippen molar-refractivity contribution in [1.29, 1.82) is 0 Å². The predicted octanol–water partition coefficient (Wildman–Crippen LogP) is 3.62. The van der Waals surface area contributed by atoms with Crippen molar-refractivity contribution in [3.63, 3.8) is 0 Å². The maximum atomic E-state index is 12.5. The van der Waals surface area contributed by atoms with Crippen molar-refractivity contribution in [2.45, 2.75) is 18.9 Å². The smallest absolute Gasteiger partial charge is 0.221 e. The fourth-order valence-electron chi connectivity index (χ4n) is 2.90. The molecule has 0 spiro atoms. The standard InChI is InChI=1S/C20H20ClN3O2/c1-24-9-8-22-19(24)13-23-20(26)12-18(14-4-2-6-16(21)10-14)15-5-3-7-17(25)11-15/h2-11,18,25H,12-13H2,1H3,(H,23,26)/t18-/m1/s1. The first-order valence-corrected chi connectivity index (χ1v) is 8.68. The first-order valence-electron chi connectivity index (χ1n) is 8.30. The second-order valence-electron chi connectivity index (χ2n) is 6.14. The third kappa shape index (κ3) is 4.43. The Bertz CT molecular complexity index is 862. The highest BCUT2D eigenvalue weighted by Crippen LogP contribution is 2.31. The zero-order valence-corrected chi connectivity index (χ0v) is 15.1. The summed E-state index contributed by atoms with van der Waals surface area (Å²) in [5.41, 5.74) is 1.79. The summed E-state index contributed by atoms with van der Waals surface area (Å²) in [6.45, 7) is 0.366. The highest BCUT2D eigenvalue weighted by molar-refractivity contribution is 6.30. The number of aromatic nitrogens is 2. The predicted molar refractivity (Wildman–Crippen MR) is 101 cm³/mol. The number of carbonyl (C=O) groups excluding carboxylic acids is 1. The monoisotopic (exact) mass is 369 g/mol. The van der Waals surface area contributed by atoms with E-state index in [4.69, 9.17) is 11.6 Å². The molecule has 134 valence electrons. The van der Waals surface area contributed by atoms with Gasteiger partial charge in [-0.25, -0.2) is 4.98 Å². The average Bonchev–Trinajstić information content (AvgIpc) is 3.03. The van der Waals surface area contributed by atoms with E-state index in [1.807, 2.05) is 42.1 Å². The van der Waals surface area contributed by atoms with E-state index in [0.717, 1.165) is 17.0 Å². The molecule has 0 saturated heterocycles. The fraction of sp³-hybridized carbons (Fsp3) is 0.200. The van der Waals surface area contributed by atoms with Gasteiger partial charge in [-0.2, -0.15) is 0 Å². The van der Waals surface area contributed by atoms with Crippen LogP contribution in [0.5, 0.6) is 5.75 Å². The van der Waals surface area contributed by atoms with Gasteiger partial charge >= 0.3 is 0 Å². The molecular formula is C20H20ClN3O2. The molecule has 3 aromatic rings. The third-order valence-electron chi connectivity index (χ3n) is 4.28. The van der Waals surface area contributed by atoms with E-state index in [1.54, 1.807) is 30.5 Å². The molecule has 2 aromatic carbocycles. The molecule has 1 atom stereocenters. The second-order valence-corrected chi connectivity index (χ2v) is 6.57. The number of carbonyl (C=O) groups is 1. The molecule has 0 aliphatic heterocycles. The van der Waals surface area contributed by atoms with Crippen LogP contribution in [0.3, 0.4) is 0 Å². The summed E-state index contributed by atoms with van der Waals surface area (Å²) in [5.74, 6) is 0.654. The van der Waals surface area contributed by atoms with Crippen LogP contribution in [0.25, 0.3) is 0 Å². The van der Waals surface area contributed by atoms with Gasteiger partial charge in [0, 0.05) is 36.8 Å². The van der Waals surface area contributed by atoms with Crippen LogP contribution in [0, 0.1) is 0 Å². The molecule has 1 heterocycles. The number of nitrogens with one attached hydrogen (secondary N) is 1. The number of aromatic hydroxyl groups is 1. The Morgan fingerprint density at radius 1 is 1.23 bits per heavy atom. The summed E-state index contributed by atoms with van der Waals surface area (Å²) in [6, 6.07) is 14.4. The van der Waals surface area contributed by atoms with Crippen LogP contribution in [0.4, 0.5) is 0 Å². The minimum atomic E-state index is -0.206. The molecule has 1 aromatic heterocycles. The summed E-state index contributed by atoms with van der Waals surface area (Å²) >= 11 is 6.13. The SMILES string of the molecule is Cn1ccnc1CNC(=O)C[C@@H](c1cccc(O)c1)c1cccc(Cl)c1. The number of phenolic OH excluding ortho intramolecular Hbond substituents is 1. The quantitative estimate of drug-likeness (QED) is 0.697. The van der Waals surface area contributed by atoms with Gasteiger partial charge in [0.05, 0.1) is 6.54 Å². The highest BCUT2D eigenvalue weighted by Gasteiger charge is 2.19. The number of rotatable bonds is 6. The van der Waals surface area contributed by atoms with Crippen LogP contribution < -0.4 is 5.32 Å². The molecule has 0 saturated carbocycles. The Hall–Kier alpha value is -2.79. The number of halogens is 1. The van der Waals surface area contributed by atoms with Crippen molar-refractivity contribution < 1.29 is 9.90 Å². The summed E-state index contributed by atoms with van der Waals surface area (Å²) in [5, 5.41) is 13.3. The third-order valence-corrected chi connectivity index (χ3v) is 4.51. The molecule has 0 radical (unpaired) electrons. The lowest BCUT2D eigenvalue weighted by atomic mass is 9.88. The van der Waals surface area contributed by atoms with Crippen LogP contribution >= 0.6 is 11.6 Å². The van der Waals surface area contributed by atoms with Gasteiger partial charge in [0.1, 0.15) is 11.6 Å². The van der Waals surface area contributed by atoms with Gasteiger partial charge in [0.2, 0.25) is 5.91 Å². The summed E-state index contributed by atoms with van der Waals surface area (Å²) in [4.78, 5) is 16.7. The Morgan fingerprint density at radius 2 is 1.96 bits per heavy atom. The average molecular weight is 370 g/mol. The first-order chi connectivity index (χ1) is 12.5. The Labute approximate surface area is 157 Å². The van der Waals surface area contributed by atoms with Gasteiger partial charge in [-0.3, -0.25) is 4.79 Å². The highest BCUT2D eigenvalue weighted by atomic mass is 35.5. The van der Waals surface area contributed by atoms with Gasteiger partial charge < -0.3 is 15.0 Å². The number of phenols is 1. The molecule has 0 unspecified atom stereocenters. The second kappa shape index (κ2) is 8.06. The summed E-state index contributed by atoms with van der Waals surface area (Å²) in [6.07, 6.45) is 3.78. The molecule has 0 bridgehead atoms. The van der Waals surface area contributed by atoms with Gasteiger partial charge in [-0.15, -0.1) is 0 Å². The van der Waals surface area contributed by atoms with Crippen LogP contribution in [0.2, 0.25) is 5.02 Å². The first kappa shape index (κ1) is 18.0. The van der Waals surface area contributed by atoms with Crippen molar-refractivity contribution in [1.82, 2.24) is 14.9 Å². The molecule has 6 heteroatoms. The van der Waals surface area contributed by atoms with E-state index in [2.05, 4.69) is 10.3 Å². The molecule has 3 rings (SSSR count). The lowest BCUT2D eigenvalue weighted by molar-refractivity contribution is -0.121. The Balaban J connectivity index is 1.79. The number of imidazole rings is 1.